The Morgan fingerprint density at radius 1 is 0.640 bits per heavy atom. The maximum Gasteiger partial charge on any atom is -0.00731 e. The highest BCUT2D eigenvalue weighted by Crippen LogP contribution is 2.38. The third-order valence-corrected chi connectivity index (χ3v) is 4.98. The molecule has 0 heterocycles. The molecule has 122 valence electrons. The predicted octanol–water partition coefficient (Wildman–Crippen LogP) is 7.04. The van der Waals surface area contributed by atoms with Crippen LogP contribution < -0.4 is 0 Å². The van der Waals surface area contributed by atoms with Gasteiger partial charge in [0.25, 0.3) is 0 Å². The summed E-state index contributed by atoms with van der Waals surface area (Å²) in [4.78, 5) is 0. The van der Waals surface area contributed by atoms with E-state index in [0.29, 0.717) is 0 Å². The van der Waals surface area contributed by atoms with Gasteiger partial charge < -0.3 is 0 Å². The molecule has 0 saturated carbocycles. The van der Waals surface area contributed by atoms with Gasteiger partial charge in [-0.05, 0) is 63.6 Å². The Bertz CT molecular complexity index is 1030. The van der Waals surface area contributed by atoms with Crippen molar-refractivity contribution in [2.75, 3.05) is 0 Å². The maximum absolute atomic E-state index is 2.36. The number of aryl methyl sites for hydroxylation is 2. The first kappa shape index (κ1) is 15.7. The standard InChI is InChI=1S/C25H22/c1-3-19-16-21-13-7-8-14-22(21)17-24(19)25-18(2)10-9-15-23(25)20-11-5-4-6-12-20/h4-17H,3H2,1-2H3. The zero-order chi connectivity index (χ0) is 17.2. The number of benzene rings is 4. The molecule has 0 aliphatic carbocycles. The molecule has 0 amide bonds. The van der Waals surface area contributed by atoms with E-state index in [0.717, 1.165) is 6.42 Å². The van der Waals surface area contributed by atoms with E-state index in [1.54, 1.807) is 0 Å². The first-order valence-corrected chi connectivity index (χ1v) is 8.95. The molecular weight excluding hydrogens is 300 g/mol. The van der Waals surface area contributed by atoms with Crippen molar-refractivity contribution < 1.29 is 0 Å². The smallest absolute Gasteiger partial charge is 0.00731 e. The summed E-state index contributed by atoms with van der Waals surface area (Å²) in [6.07, 6.45) is 1.03. The molecular formula is C25H22. The average Bonchev–Trinajstić information content (AvgIpc) is 2.67. The Balaban J connectivity index is 2.04. The van der Waals surface area contributed by atoms with Crippen LogP contribution in [-0.2, 0) is 6.42 Å². The van der Waals surface area contributed by atoms with Gasteiger partial charge in [-0.15, -0.1) is 0 Å². The lowest BCUT2D eigenvalue weighted by molar-refractivity contribution is 1.15. The highest BCUT2D eigenvalue weighted by atomic mass is 14.2. The third-order valence-electron chi connectivity index (χ3n) is 4.98. The summed E-state index contributed by atoms with van der Waals surface area (Å²) in [6.45, 7) is 4.46. The van der Waals surface area contributed by atoms with Crippen molar-refractivity contribution in [2.45, 2.75) is 20.3 Å². The van der Waals surface area contributed by atoms with E-state index in [9.17, 15) is 0 Å². The van der Waals surface area contributed by atoms with E-state index in [2.05, 4.69) is 98.8 Å². The van der Waals surface area contributed by atoms with Gasteiger partial charge >= 0.3 is 0 Å². The summed E-state index contributed by atoms with van der Waals surface area (Å²) in [6, 6.07) is 30.7. The molecule has 4 rings (SSSR count). The summed E-state index contributed by atoms with van der Waals surface area (Å²) >= 11 is 0. The van der Waals surface area contributed by atoms with Crippen LogP contribution in [0.15, 0.2) is 84.9 Å². The van der Waals surface area contributed by atoms with Crippen LogP contribution >= 0.6 is 0 Å². The maximum atomic E-state index is 2.36. The van der Waals surface area contributed by atoms with Crippen LogP contribution in [0.5, 0.6) is 0 Å². The van der Waals surface area contributed by atoms with Crippen molar-refractivity contribution in [3.8, 4) is 22.3 Å². The third kappa shape index (κ3) is 2.85. The zero-order valence-corrected chi connectivity index (χ0v) is 14.8. The average molecular weight is 322 g/mol. The van der Waals surface area contributed by atoms with Crippen LogP contribution in [-0.4, -0.2) is 0 Å². The van der Waals surface area contributed by atoms with Gasteiger partial charge in [0, 0.05) is 0 Å². The van der Waals surface area contributed by atoms with E-state index < -0.39 is 0 Å². The van der Waals surface area contributed by atoms with Crippen LogP contribution in [0.25, 0.3) is 33.0 Å². The van der Waals surface area contributed by atoms with Gasteiger partial charge in [-0.3, -0.25) is 0 Å². The van der Waals surface area contributed by atoms with Crippen molar-refractivity contribution >= 4 is 10.8 Å². The van der Waals surface area contributed by atoms with Crippen molar-refractivity contribution in [2.24, 2.45) is 0 Å². The molecule has 0 saturated heterocycles. The number of rotatable bonds is 3. The number of hydrogen-bond acceptors (Lipinski definition) is 0. The summed E-state index contributed by atoms with van der Waals surface area (Å²) < 4.78 is 0. The second-order valence-electron chi connectivity index (χ2n) is 6.57. The molecule has 0 atom stereocenters. The van der Waals surface area contributed by atoms with E-state index >= 15 is 0 Å². The Labute approximate surface area is 149 Å². The summed E-state index contributed by atoms with van der Waals surface area (Å²) in [5, 5.41) is 2.62. The predicted molar refractivity (Wildman–Crippen MR) is 109 cm³/mol. The molecule has 0 heteroatoms. The van der Waals surface area contributed by atoms with E-state index in [4.69, 9.17) is 0 Å². The molecule has 4 aromatic rings. The molecule has 0 fully saturated rings. The lowest BCUT2D eigenvalue weighted by atomic mass is 9.86. The summed E-state index contributed by atoms with van der Waals surface area (Å²) in [5.74, 6) is 0. The van der Waals surface area contributed by atoms with Crippen LogP contribution in [0.3, 0.4) is 0 Å². The van der Waals surface area contributed by atoms with E-state index in [1.807, 2.05) is 0 Å². The Morgan fingerprint density at radius 3 is 2.04 bits per heavy atom. The summed E-state index contributed by atoms with van der Waals surface area (Å²) in [7, 11) is 0. The van der Waals surface area contributed by atoms with Gasteiger partial charge in [-0.2, -0.15) is 0 Å². The lowest BCUT2D eigenvalue weighted by Crippen LogP contribution is -1.94. The van der Waals surface area contributed by atoms with Crippen molar-refractivity contribution in [1.82, 2.24) is 0 Å². The van der Waals surface area contributed by atoms with E-state index in [1.165, 1.54) is 44.2 Å². The van der Waals surface area contributed by atoms with Crippen molar-refractivity contribution in [3.63, 3.8) is 0 Å². The Hall–Kier alpha value is -2.86. The van der Waals surface area contributed by atoms with Crippen molar-refractivity contribution in [3.05, 3.63) is 96.1 Å². The second kappa shape index (κ2) is 6.57. The molecule has 0 aromatic heterocycles. The number of hydrogen-bond donors (Lipinski definition) is 0. The molecule has 0 aliphatic rings. The largest absolute Gasteiger partial charge is 0.0622 e. The molecule has 0 unspecified atom stereocenters. The van der Waals surface area contributed by atoms with Gasteiger partial charge in [0.05, 0.1) is 0 Å². The van der Waals surface area contributed by atoms with Crippen LogP contribution in [0, 0.1) is 6.92 Å². The number of fused-ring (bicyclic) bond motifs is 1. The zero-order valence-electron chi connectivity index (χ0n) is 14.8. The minimum atomic E-state index is 1.03. The van der Waals surface area contributed by atoms with E-state index in [-0.39, 0.29) is 0 Å². The van der Waals surface area contributed by atoms with Crippen LogP contribution in [0.4, 0.5) is 0 Å². The fourth-order valence-electron chi connectivity index (χ4n) is 3.70. The molecule has 0 N–H and O–H groups in total. The topological polar surface area (TPSA) is 0 Å². The highest BCUT2D eigenvalue weighted by molar-refractivity contribution is 5.94. The van der Waals surface area contributed by atoms with Gasteiger partial charge in [-0.1, -0.05) is 85.8 Å². The summed E-state index contributed by atoms with van der Waals surface area (Å²) in [5.41, 5.74) is 8.04. The quantitative estimate of drug-likeness (QED) is 0.379. The SMILES string of the molecule is CCc1cc2ccccc2cc1-c1c(C)cccc1-c1ccccc1. The highest BCUT2D eigenvalue weighted by Gasteiger charge is 2.14. The monoisotopic (exact) mass is 322 g/mol. The lowest BCUT2D eigenvalue weighted by Gasteiger charge is -2.17. The molecule has 0 radical (unpaired) electrons. The van der Waals surface area contributed by atoms with Crippen molar-refractivity contribution in [1.29, 1.82) is 0 Å². The molecule has 0 aliphatic heterocycles. The minimum Gasteiger partial charge on any atom is -0.0622 e. The molecule has 0 spiro atoms. The molecule has 0 nitrogen and oxygen atoms in total. The van der Waals surface area contributed by atoms with Gasteiger partial charge in [0.2, 0.25) is 0 Å². The van der Waals surface area contributed by atoms with Crippen LogP contribution in [0.2, 0.25) is 0 Å². The minimum absolute atomic E-state index is 1.03. The Kier molecular flexibility index (Phi) is 4.11. The fourth-order valence-corrected chi connectivity index (χ4v) is 3.70. The van der Waals surface area contributed by atoms with Crippen LogP contribution in [0.1, 0.15) is 18.1 Å². The molecule has 0 bridgehead atoms. The second-order valence-corrected chi connectivity index (χ2v) is 6.57. The molecule has 4 aromatic carbocycles. The van der Waals surface area contributed by atoms with Gasteiger partial charge in [0.15, 0.2) is 0 Å². The first-order valence-electron chi connectivity index (χ1n) is 8.95. The van der Waals surface area contributed by atoms with Gasteiger partial charge in [-0.25, -0.2) is 0 Å². The molecule has 25 heavy (non-hydrogen) atoms. The Morgan fingerprint density at radius 2 is 1.32 bits per heavy atom. The normalized spacial score (nSPS) is 11.0. The van der Waals surface area contributed by atoms with Gasteiger partial charge in [0.1, 0.15) is 0 Å². The first-order chi connectivity index (χ1) is 12.3. The fraction of sp³-hybridized carbons (Fsp3) is 0.120.